The third kappa shape index (κ3) is 5.00. The van der Waals surface area contributed by atoms with E-state index in [1.165, 1.54) is 19.2 Å². The molecule has 0 amide bonds. The van der Waals surface area contributed by atoms with Crippen LogP contribution in [0, 0.1) is 11.6 Å². The number of ether oxygens (including phenoxy) is 1. The predicted molar refractivity (Wildman–Crippen MR) is 97.8 cm³/mol. The van der Waals surface area contributed by atoms with Crippen molar-refractivity contribution >= 4 is 0 Å². The number of nitrogens with zero attached hydrogens (tertiary/aromatic N) is 1. The molecule has 0 aromatic heterocycles. The Morgan fingerprint density at radius 3 is 2.24 bits per heavy atom. The van der Waals surface area contributed by atoms with Gasteiger partial charge in [-0.2, -0.15) is 4.39 Å². The number of likely N-dealkylation sites (N-methyl/N-ethyl adjacent to an activating group) is 1. The van der Waals surface area contributed by atoms with Crippen molar-refractivity contribution in [2.75, 3.05) is 33.3 Å². The average Bonchev–Trinajstić information content (AvgIpc) is 2.65. The van der Waals surface area contributed by atoms with E-state index in [2.05, 4.69) is 24.1 Å². The molecule has 136 valence electrons. The Morgan fingerprint density at radius 2 is 1.64 bits per heavy atom. The maximum Gasteiger partial charge on any atom is 0.201 e. The zero-order valence-electron chi connectivity index (χ0n) is 15.1. The quantitative estimate of drug-likeness (QED) is 0.691. The van der Waals surface area contributed by atoms with Crippen LogP contribution in [0.5, 0.6) is 5.75 Å². The van der Waals surface area contributed by atoms with Crippen LogP contribution in [0.15, 0.2) is 36.4 Å². The van der Waals surface area contributed by atoms with E-state index in [1.54, 1.807) is 0 Å². The molecule has 2 rings (SSSR count). The molecule has 0 saturated heterocycles. The maximum atomic E-state index is 14.2. The molecule has 0 spiro atoms. The highest BCUT2D eigenvalue weighted by Crippen LogP contribution is 2.29. The minimum Gasteiger partial charge on any atom is -0.494 e. The van der Waals surface area contributed by atoms with E-state index >= 15 is 0 Å². The van der Waals surface area contributed by atoms with E-state index in [1.807, 2.05) is 24.3 Å². The zero-order chi connectivity index (χ0) is 18.2. The van der Waals surface area contributed by atoms with Crippen LogP contribution in [-0.4, -0.2) is 38.2 Å². The summed E-state index contributed by atoms with van der Waals surface area (Å²) in [5.41, 5.74) is 1.99. The van der Waals surface area contributed by atoms with Crippen LogP contribution in [0.1, 0.15) is 19.4 Å². The Morgan fingerprint density at radius 1 is 0.960 bits per heavy atom. The molecule has 25 heavy (non-hydrogen) atoms. The minimum atomic E-state index is -0.956. The normalized spacial score (nSPS) is 11.1. The molecule has 1 N–H and O–H groups in total. The molecule has 0 bridgehead atoms. The van der Waals surface area contributed by atoms with Gasteiger partial charge in [0.1, 0.15) is 0 Å². The lowest BCUT2D eigenvalue weighted by Crippen LogP contribution is -2.31. The number of rotatable bonds is 9. The van der Waals surface area contributed by atoms with Crippen LogP contribution < -0.4 is 10.1 Å². The monoisotopic (exact) mass is 348 g/mol. The van der Waals surface area contributed by atoms with Crippen LogP contribution in [0.25, 0.3) is 11.1 Å². The Hall–Kier alpha value is -1.98. The maximum absolute atomic E-state index is 14.2. The Balaban J connectivity index is 1.97. The topological polar surface area (TPSA) is 24.5 Å². The summed E-state index contributed by atoms with van der Waals surface area (Å²) >= 11 is 0. The first-order valence-electron chi connectivity index (χ1n) is 8.65. The molecule has 0 saturated carbocycles. The van der Waals surface area contributed by atoms with E-state index < -0.39 is 11.6 Å². The standard InChI is InChI=1S/C20H26F2N2O/c1-4-24(5-2)13-12-23-14-15-6-8-16(9-7-15)17-10-11-18(25-3)20(22)19(17)21/h6-11,23H,4-5,12-14H2,1-3H3. The summed E-state index contributed by atoms with van der Waals surface area (Å²) in [4.78, 5) is 2.36. The summed E-state index contributed by atoms with van der Waals surface area (Å²) in [5.74, 6) is -1.93. The lowest BCUT2D eigenvalue weighted by molar-refractivity contribution is 0.302. The third-order valence-corrected chi connectivity index (χ3v) is 4.36. The molecule has 0 radical (unpaired) electrons. The highest BCUT2D eigenvalue weighted by atomic mass is 19.2. The van der Waals surface area contributed by atoms with Crippen molar-refractivity contribution in [1.82, 2.24) is 10.2 Å². The largest absolute Gasteiger partial charge is 0.494 e. The third-order valence-electron chi connectivity index (χ3n) is 4.36. The summed E-state index contributed by atoms with van der Waals surface area (Å²) in [5, 5.41) is 3.40. The molecule has 0 aliphatic heterocycles. The molecule has 0 aliphatic carbocycles. The van der Waals surface area contributed by atoms with Crippen LogP contribution in [0.3, 0.4) is 0 Å². The summed E-state index contributed by atoms with van der Waals surface area (Å²) in [6.07, 6.45) is 0. The van der Waals surface area contributed by atoms with Crippen LogP contribution in [0.2, 0.25) is 0 Å². The predicted octanol–water partition coefficient (Wildman–Crippen LogP) is 4.07. The average molecular weight is 348 g/mol. The number of hydrogen-bond donors (Lipinski definition) is 1. The SMILES string of the molecule is CCN(CC)CCNCc1ccc(-c2ccc(OC)c(F)c2F)cc1. The van der Waals surface area contributed by atoms with E-state index in [4.69, 9.17) is 4.74 Å². The van der Waals surface area contributed by atoms with Gasteiger partial charge in [0.2, 0.25) is 5.82 Å². The molecule has 5 heteroatoms. The van der Waals surface area contributed by atoms with Crippen molar-refractivity contribution in [3.63, 3.8) is 0 Å². The summed E-state index contributed by atoms with van der Waals surface area (Å²) in [6, 6.07) is 10.5. The van der Waals surface area contributed by atoms with Crippen molar-refractivity contribution in [2.24, 2.45) is 0 Å². The van der Waals surface area contributed by atoms with Crippen LogP contribution >= 0.6 is 0 Å². The number of nitrogens with one attached hydrogen (secondary N) is 1. The van der Waals surface area contributed by atoms with Gasteiger partial charge in [0, 0.05) is 25.2 Å². The van der Waals surface area contributed by atoms with Gasteiger partial charge < -0.3 is 15.0 Å². The van der Waals surface area contributed by atoms with Crippen molar-refractivity contribution in [2.45, 2.75) is 20.4 Å². The number of hydrogen-bond acceptors (Lipinski definition) is 3. The van der Waals surface area contributed by atoms with Gasteiger partial charge in [0.05, 0.1) is 7.11 Å². The van der Waals surface area contributed by atoms with Crippen molar-refractivity contribution in [1.29, 1.82) is 0 Å². The van der Waals surface area contributed by atoms with Crippen molar-refractivity contribution in [3.8, 4) is 16.9 Å². The second-order valence-electron chi connectivity index (χ2n) is 5.84. The van der Waals surface area contributed by atoms with E-state index in [0.717, 1.165) is 38.3 Å². The summed E-state index contributed by atoms with van der Waals surface area (Å²) < 4.78 is 32.8. The Kier molecular flexibility index (Phi) is 7.34. The fourth-order valence-electron chi connectivity index (χ4n) is 2.72. The molecule has 2 aromatic rings. The highest BCUT2D eigenvalue weighted by molar-refractivity contribution is 5.65. The Labute approximate surface area is 148 Å². The lowest BCUT2D eigenvalue weighted by atomic mass is 10.0. The van der Waals surface area contributed by atoms with Crippen molar-refractivity contribution in [3.05, 3.63) is 53.6 Å². The molecule has 0 aliphatic rings. The van der Waals surface area contributed by atoms with Crippen LogP contribution in [-0.2, 0) is 6.54 Å². The molecule has 0 heterocycles. The number of benzene rings is 2. The van der Waals surface area contributed by atoms with Gasteiger partial charge >= 0.3 is 0 Å². The first kappa shape index (κ1) is 19.3. The first-order chi connectivity index (χ1) is 12.1. The van der Waals surface area contributed by atoms with E-state index in [-0.39, 0.29) is 11.3 Å². The van der Waals surface area contributed by atoms with Gasteiger partial charge in [-0.05, 0) is 36.3 Å². The van der Waals surface area contributed by atoms with Gasteiger partial charge in [-0.3, -0.25) is 0 Å². The molecular formula is C20H26F2N2O. The molecule has 0 unspecified atom stereocenters. The second kappa shape index (κ2) is 9.49. The van der Waals surface area contributed by atoms with Gasteiger partial charge in [0.15, 0.2) is 11.6 Å². The van der Waals surface area contributed by atoms with Gasteiger partial charge in [-0.15, -0.1) is 0 Å². The fraction of sp³-hybridized carbons (Fsp3) is 0.400. The van der Waals surface area contributed by atoms with E-state index in [0.29, 0.717) is 5.56 Å². The fourth-order valence-corrected chi connectivity index (χ4v) is 2.72. The van der Waals surface area contributed by atoms with E-state index in [9.17, 15) is 8.78 Å². The number of halogens is 2. The molecular weight excluding hydrogens is 322 g/mol. The Bertz CT molecular complexity index is 670. The highest BCUT2D eigenvalue weighted by Gasteiger charge is 2.15. The first-order valence-corrected chi connectivity index (χ1v) is 8.65. The summed E-state index contributed by atoms with van der Waals surface area (Å²) in [7, 11) is 1.32. The summed E-state index contributed by atoms with van der Waals surface area (Å²) in [6.45, 7) is 9.10. The van der Waals surface area contributed by atoms with Crippen molar-refractivity contribution < 1.29 is 13.5 Å². The minimum absolute atomic E-state index is 0.0877. The van der Waals surface area contributed by atoms with Gasteiger partial charge in [0.25, 0.3) is 0 Å². The van der Waals surface area contributed by atoms with Gasteiger partial charge in [-0.25, -0.2) is 4.39 Å². The second-order valence-corrected chi connectivity index (χ2v) is 5.84. The molecule has 0 atom stereocenters. The lowest BCUT2D eigenvalue weighted by Gasteiger charge is -2.18. The molecule has 3 nitrogen and oxygen atoms in total. The van der Waals surface area contributed by atoms with Gasteiger partial charge in [-0.1, -0.05) is 38.1 Å². The zero-order valence-corrected chi connectivity index (χ0v) is 15.1. The number of methoxy groups -OCH3 is 1. The molecule has 0 fully saturated rings. The van der Waals surface area contributed by atoms with Crippen LogP contribution in [0.4, 0.5) is 8.78 Å². The smallest absolute Gasteiger partial charge is 0.201 e. The molecule has 2 aromatic carbocycles.